The van der Waals surface area contributed by atoms with Crippen molar-refractivity contribution in [2.45, 2.75) is 0 Å². The Balaban J connectivity index is 0. The van der Waals surface area contributed by atoms with E-state index >= 15 is 0 Å². The molecule has 0 bridgehead atoms. The van der Waals surface area contributed by atoms with Crippen LogP contribution in [0.4, 0.5) is 0 Å². The Morgan fingerprint density at radius 3 is 1.05 bits per heavy atom. The molecule has 0 saturated carbocycles. The molecular weight excluding hydrogens is 366 g/mol. The average Bonchev–Trinajstić information content (AvgIpc) is 2.47. The molecule has 0 aliphatic carbocycles. The van der Waals surface area contributed by atoms with Crippen molar-refractivity contribution in [3.8, 4) is 0 Å². The Morgan fingerprint density at radius 1 is 0.727 bits per heavy atom. The second-order valence-electron chi connectivity index (χ2n) is 4.88. The second kappa shape index (κ2) is 11.9. The van der Waals surface area contributed by atoms with Gasteiger partial charge in [-0.25, -0.2) is 0 Å². The van der Waals surface area contributed by atoms with Gasteiger partial charge >= 0.3 is 6.07 Å². The maximum Gasteiger partial charge on any atom is 0.377 e. The van der Waals surface area contributed by atoms with Crippen LogP contribution in [0, 0.1) is 10.8 Å². The summed E-state index contributed by atoms with van der Waals surface area (Å²) in [4.78, 5) is 7.61. The summed E-state index contributed by atoms with van der Waals surface area (Å²) in [5, 5.41) is 54.2. The summed E-state index contributed by atoms with van der Waals surface area (Å²) < 4.78 is 14.5. The molecule has 0 saturated heterocycles. The molecule has 7 N–H and O–H groups in total. The zero-order valence-corrected chi connectivity index (χ0v) is 14.2. The van der Waals surface area contributed by atoms with E-state index < -0.39 is 56.5 Å². The van der Waals surface area contributed by atoms with Gasteiger partial charge in [0.05, 0.1) is 63.7 Å². The summed E-state index contributed by atoms with van der Waals surface area (Å²) in [5.74, 6) is 0. The fourth-order valence-corrected chi connectivity index (χ4v) is 1.06. The summed E-state index contributed by atoms with van der Waals surface area (Å²) in [6, 6.07) is 0. The molecule has 0 spiro atoms. The van der Waals surface area contributed by atoms with Crippen LogP contribution < -0.4 is 0 Å². The molecule has 0 aromatic heterocycles. The van der Waals surface area contributed by atoms with Gasteiger partial charge in [0.15, 0.2) is 0 Å². The van der Waals surface area contributed by atoms with Gasteiger partial charge in [-0.3, -0.25) is 4.57 Å². The molecule has 136 valence electrons. The van der Waals surface area contributed by atoms with Crippen LogP contribution in [0.25, 0.3) is 0 Å². The van der Waals surface area contributed by atoms with Gasteiger partial charge in [-0.15, -0.1) is 0 Å². The van der Waals surface area contributed by atoms with Crippen LogP contribution in [0.15, 0.2) is 0 Å². The fraction of sp³-hybridized carbons (Fsp3) is 1.00. The lowest BCUT2D eigenvalue weighted by Gasteiger charge is -2.31. The number of ether oxygens (including phenoxy) is 1. The lowest BCUT2D eigenvalue weighted by Crippen LogP contribution is -2.43. The summed E-state index contributed by atoms with van der Waals surface area (Å²) in [7, 11) is 0. The highest BCUT2D eigenvalue weighted by Gasteiger charge is 2.32. The number of aliphatic hydroxyl groups excluding tert-OH is 6. The summed E-state index contributed by atoms with van der Waals surface area (Å²) in [6.45, 7) is -3.01. The van der Waals surface area contributed by atoms with E-state index in [0.29, 0.717) is 0 Å². The van der Waals surface area contributed by atoms with Crippen molar-refractivity contribution in [3.63, 3.8) is 0 Å². The minimum atomic E-state index is -3.69. The van der Waals surface area contributed by atoms with Crippen molar-refractivity contribution in [2.75, 3.05) is 52.9 Å². The van der Waals surface area contributed by atoms with Crippen molar-refractivity contribution in [3.05, 3.63) is 0 Å². The Hall–Kier alpha value is 0.490. The molecule has 0 amide bonds. The third kappa shape index (κ3) is 11.1. The number of aliphatic hydroxyl groups is 6. The van der Waals surface area contributed by atoms with E-state index in [4.69, 9.17) is 40.3 Å². The van der Waals surface area contributed by atoms with Crippen molar-refractivity contribution >= 4 is 28.6 Å². The first-order chi connectivity index (χ1) is 10.1. The van der Waals surface area contributed by atoms with Crippen LogP contribution in [0.5, 0.6) is 0 Å². The quantitative estimate of drug-likeness (QED) is 0.220. The largest absolute Gasteiger partial charge is 0.396 e. The number of hydrogen-bond donors (Lipinski definition) is 7. The first kappa shape index (κ1) is 24.7. The Labute approximate surface area is 137 Å². The zero-order chi connectivity index (χ0) is 17.9. The zero-order valence-electron chi connectivity index (χ0n) is 11.8. The summed E-state index contributed by atoms with van der Waals surface area (Å²) in [5.41, 5.74) is -2.32. The van der Waals surface area contributed by atoms with Gasteiger partial charge in [0, 0.05) is 0 Å². The molecule has 12 heteroatoms. The third-order valence-electron chi connectivity index (χ3n) is 2.83. The third-order valence-corrected chi connectivity index (χ3v) is 2.83. The maximum absolute atomic E-state index is 9.30. The van der Waals surface area contributed by atoms with E-state index in [1.807, 2.05) is 0 Å². The SMILES string of the molecule is O=P(O)(Cl)Cl.OCC(CO)(CO)COCC(CO)(CO)CO. The molecule has 0 heterocycles. The molecule has 0 aliphatic heterocycles. The highest BCUT2D eigenvalue weighted by molar-refractivity contribution is 8.04. The molecule has 0 aliphatic rings. The number of halogens is 2. The summed E-state index contributed by atoms with van der Waals surface area (Å²) >= 11 is 8.81. The molecule has 22 heavy (non-hydrogen) atoms. The molecule has 0 aromatic carbocycles. The highest BCUT2D eigenvalue weighted by atomic mass is 35.9. The lowest BCUT2D eigenvalue weighted by atomic mass is 9.91. The van der Waals surface area contributed by atoms with Crippen LogP contribution in [-0.4, -0.2) is 88.4 Å². The van der Waals surface area contributed by atoms with Crippen LogP contribution in [0.1, 0.15) is 0 Å². The molecule has 0 aromatic rings. The first-order valence-electron chi connectivity index (χ1n) is 6.02. The molecular formula is C10H23Cl2O9P. The average molecular weight is 389 g/mol. The van der Waals surface area contributed by atoms with E-state index in [0.717, 1.165) is 0 Å². The molecule has 0 radical (unpaired) electrons. The van der Waals surface area contributed by atoms with Crippen molar-refractivity contribution < 1.29 is 44.8 Å². The van der Waals surface area contributed by atoms with Gasteiger partial charge in [-0.2, -0.15) is 0 Å². The normalized spacial score (nSPS) is 12.8. The van der Waals surface area contributed by atoms with E-state index in [2.05, 4.69) is 22.5 Å². The predicted octanol–water partition coefficient (Wildman–Crippen LogP) is -1.51. The van der Waals surface area contributed by atoms with E-state index in [9.17, 15) is 4.57 Å². The molecule has 0 unspecified atom stereocenters. The highest BCUT2D eigenvalue weighted by Crippen LogP contribution is 2.51. The predicted molar refractivity (Wildman–Crippen MR) is 79.7 cm³/mol. The van der Waals surface area contributed by atoms with Crippen LogP contribution in [0.2, 0.25) is 0 Å². The smallest absolute Gasteiger partial charge is 0.377 e. The Kier molecular flexibility index (Phi) is 13.4. The van der Waals surface area contributed by atoms with Gasteiger partial charge in [0.2, 0.25) is 0 Å². The van der Waals surface area contributed by atoms with Crippen LogP contribution in [-0.2, 0) is 9.30 Å². The van der Waals surface area contributed by atoms with Crippen molar-refractivity contribution in [2.24, 2.45) is 10.8 Å². The van der Waals surface area contributed by atoms with Gasteiger partial charge in [0.1, 0.15) is 0 Å². The van der Waals surface area contributed by atoms with Gasteiger partial charge in [-0.1, -0.05) is 0 Å². The lowest BCUT2D eigenvalue weighted by molar-refractivity contribution is -0.103. The van der Waals surface area contributed by atoms with Gasteiger partial charge < -0.3 is 40.3 Å². The van der Waals surface area contributed by atoms with Crippen molar-refractivity contribution in [1.82, 2.24) is 0 Å². The minimum Gasteiger partial charge on any atom is -0.396 e. The van der Waals surface area contributed by atoms with E-state index in [-0.39, 0.29) is 13.2 Å². The monoisotopic (exact) mass is 388 g/mol. The molecule has 9 nitrogen and oxygen atoms in total. The van der Waals surface area contributed by atoms with Crippen LogP contribution >= 0.6 is 28.6 Å². The summed E-state index contributed by atoms with van der Waals surface area (Å²) in [6.07, 6.45) is -3.69. The standard InChI is InChI=1S/C10H22O7.Cl2HO2P/c11-1-9(2-12,3-13)7-17-8-10(4-14,5-15)6-16;1-5(2,3)4/h11-16H,1-8H2;(H,3,4). The van der Waals surface area contributed by atoms with E-state index in [1.54, 1.807) is 0 Å². The van der Waals surface area contributed by atoms with Crippen molar-refractivity contribution in [1.29, 1.82) is 0 Å². The topological polar surface area (TPSA) is 168 Å². The maximum atomic E-state index is 9.30. The molecule has 0 fully saturated rings. The Morgan fingerprint density at radius 2 is 0.909 bits per heavy atom. The Bertz CT molecular complexity index is 273. The number of hydrogen-bond acceptors (Lipinski definition) is 8. The fourth-order valence-electron chi connectivity index (χ4n) is 1.06. The van der Waals surface area contributed by atoms with Gasteiger partial charge in [0.25, 0.3) is 0 Å². The molecule has 0 atom stereocenters. The molecule has 0 rings (SSSR count). The van der Waals surface area contributed by atoms with Gasteiger partial charge in [-0.05, 0) is 22.5 Å². The second-order valence-corrected chi connectivity index (χ2v) is 9.01. The number of rotatable bonds is 10. The minimum absolute atomic E-state index is 0.141. The van der Waals surface area contributed by atoms with Crippen LogP contribution in [0.3, 0.4) is 0 Å². The van der Waals surface area contributed by atoms with E-state index in [1.165, 1.54) is 0 Å². The first-order valence-corrected chi connectivity index (χ1v) is 9.49.